The number of hydrogen-bond acceptors (Lipinski definition) is 2. The van der Waals surface area contributed by atoms with Gasteiger partial charge in [-0.2, -0.15) is 0 Å². The maximum Gasteiger partial charge on any atom is 0.157 e. The molecule has 0 aliphatic carbocycles. The Balaban J connectivity index is 1.02. The van der Waals surface area contributed by atoms with Crippen LogP contribution in [0.15, 0.2) is 202 Å². The molecule has 8 aromatic carbocycles. The van der Waals surface area contributed by atoms with E-state index >= 15 is 0 Å². The summed E-state index contributed by atoms with van der Waals surface area (Å²) in [4.78, 5) is 10.8. The van der Waals surface area contributed by atoms with E-state index in [0.717, 1.165) is 66.7 Å². The number of hydrogen-bond donors (Lipinski definition) is 0. The first-order chi connectivity index (χ1) is 28.6. The molecule has 0 amide bonds. The van der Waals surface area contributed by atoms with Crippen molar-refractivity contribution in [3.8, 4) is 16.8 Å². The number of furan rings is 1. The van der Waals surface area contributed by atoms with Gasteiger partial charge in [0.25, 0.3) is 0 Å². The summed E-state index contributed by atoms with van der Waals surface area (Å²) < 4.78 is 11.2. The van der Waals surface area contributed by atoms with E-state index in [-0.39, 0.29) is 6.04 Å². The third kappa shape index (κ3) is 5.54. The van der Waals surface area contributed by atoms with Gasteiger partial charge >= 0.3 is 0 Å². The van der Waals surface area contributed by atoms with Crippen LogP contribution in [0.4, 0.5) is 0 Å². The zero-order chi connectivity index (χ0) is 38.7. The molecule has 5 heteroatoms. The smallest absolute Gasteiger partial charge is 0.157 e. The number of rotatable bonds is 5. The Morgan fingerprint density at radius 3 is 1.74 bits per heavy atom. The second-order valence-corrected chi connectivity index (χ2v) is 15.0. The zero-order valence-corrected chi connectivity index (χ0v) is 32.2. The first-order valence-electron chi connectivity index (χ1n) is 19.8. The Morgan fingerprint density at radius 1 is 0.483 bits per heavy atom. The van der Waals surface area contributed by atoms with Crippen molar-refractivity contribution in [2.45, 2.75) is 19.9 Å². The molecule has 3 aromatic heterocycles. The van der Waals surface area contributed by atoms with Crippen LogP contribution in [0, 0.1) is 0 Å². The van der Waals surface area contributed by atoms with E-state index in [0.29, 0.717) is 5.84 Å². The lowest BCUT2D eigenvalue weighted by Crippen LogP contribution is -2.12. The standard InChI is InChI=1S/C53H38N4O/c1-34(37-27-29-45-46-33-40(28-30-51(46)58-52(45)32-37)57-49-25-12-8-21-43(49)44-22-9-13-26-50(44)57)54-53(39-18-14-17-38(31-39)36-15-4-3-5-16-36)55-35(2)56-47-23-10-6-19-41(47)42-20-7-11-24-48(42)56/h3-34H,1-2H3/b54-53-,55-35+/t34-/m0/s1. The molecule has 276 valence electrons. The van der Waals surface area contributed by atoms with Crippen molar-refractivity contribution in [1.82, 2.24) is 9.13 Å². The topological polar surface area (TPSA) is 47.7 Å². The third-order valence-electron chi connectivity index (χ3n) is 11.5. The van der Waals surface area contributed by atoms with Crippen LogP contribution >= 0.6 is 0 Å². The molecular formula is C53H38N4O. The molecule has 0 N–H and O–H groups in total. The van der Waals surface area contributed by atoms with E-state index in [1.807, 2.05) is 6.07 Å². The summed E-state index contributed by atoms with van der Waals surface area (Å²) in [5, 5.41) is 7.06. The van der Waals surface area contributed by atoms with Gasteiger partial charge in [-0.15, -0.1) is 0 Å². The molecule has 11 aromatic rings. The molecule has 0 aliphatic heterocycles. The second kappa shape index (κ2) is 13.6. The molecule has 0 bridgehead atoms. The van der Waals surface area contributed by atoms with Crippen LogP contribution in [0.3, 0.4) is 0 Å². The molecule has 11 rings (SSSR count). The van der Waals surface area contributed by atoms with Crippen molar-refractivity contribution < 1.29 is 4.42 Å². The first kappa shape index (κ1) is 33.8. The zero-order valence-electron chi connectivity index (χ0n) is 32.2. The number of fused-ring (bicyclic) bond motifs is 9. The normalized spacial score (nSPS) is 13.1. The largest absolute Gasteiger partial charge is 0.456 e. The van der Waals surface area contributed by atoms with E-state index in [2.05, 4.69) is 205 Å². The second-order valence-electron chi connectivity index (χ2n) is 15.0. The molecule has 58 heavy (non-hydrogen) atoms. The molecule has 0 fully saturated rings. The van der Waals surface area contributed by atoms with E-state index < -0.39 is 0 Å². The number of para-hydroxylation sites is 4. The van der Waals surface area contributed by atoms with Crippen molar-refractivity contribution in [1.29, 1.82) is 0 Å². The van der Waals surface area contributed by atoms with Gasteiger partial charge in [0.1, 0.15) is 17.0 Å². The van der Waals surface area contributed by atoms with Gasteiger partial charge in [0.15, 0.2) is 5.84 Å². The summed E-state index contributed by atoms with van der Waals surface area (Å²) in [7, 11) is 0. The van der Waals surface area contributed by atoms with Gasteiger partial charge in [-0.3, -0.25) is 9.56 Å². The summed E-state index contributed by atoms with van der Waals surface area (Å²) in [5.74, 6) is 1.52. The molecule has 3 heterocycles. The van der Waals surface area contributed by atoms with Crippen LogP contribution in [0.1, 0.15) is 31.0 Å². The maximum atomic E-state index is 6.55. The number of amidine groups is 1. The average Bonchev–Trinajstić information content (AvgIpc) is 3.93. The number of nitrogens with zero attached hydrogens (tertiary/aromatic N) is 4. The Labute approximate surface area is 335 Å². The highest BCUT2D eigenvalue weighted by atomic mass is 16.3. The van der Waals surface area contributed by atoms with Gasteiger partial charge < -0.3 is 8.98 Å². The highest BCUT2D eigenvalue weighted by Crippen LogP contribution is 2.37. The fourth-order valence-electron chi connectivity index (χ4n) is 8.75. The lowest BCUT2D eigenvalue weighted by Gasteiger charge is -2.13. The van der Waals surface area contributed by atoms with Crippen LogP contribution in [0.2, 0.25) is 0 Å². The van der Waals surface area contributed by atoms with Crippen molar-refractivity contribution in [2.24, 2.45) is 9.98 Å². The number of benzene rings is 8. The Hall–Kier alpha value is -7.50. The van der Waals surface area contributed by atoms with Gasteiger partial charge in [-0.05, 0) is 85.1 Å². The van der Waals surface area contributed by atoms with Gasteiger partial charge in [-0.25, -0.2) is 4.99 Å². The van der Waals surface area contributed by atoms with E-state index in [1.54, 1.807) is 0 Å². The summed E-state index contributed by atoms with van der Waals surface area (Å²) in [6, 6.07) is 66.1. The molecule has 5 nitrogen and oxygen atoms in total. The monoisotopic (exact) mass is 746 g/mol. The van der Waals surface area contributed by atoms with Gasteiger partial charge in [0.2, 0.25) is 0 Å². The molecule has 1 atom stereocenters. The minimum Gasteiger partial charge on any atom is -0.456 e. The quantitative estimate of drug-likeness (QED) is 0.128. The van der Waals surface area contributed by atoms with Crippen molar-refractivity contribution in [2.75, 3.05) is 0 Å². The molecular weight excluding hydrogens is 709 g/mol. The summed E-state index contributed by atoms with van der Waals surface area (Å²) in [6.07, 6.45) is 0. The fraction of sp³-hybridized carbons (Fsp3) is 0.0566. The van der Waals surface area contributed by atoms with Crippen LogP contribution in [-0.2, 0) is 0 Å². The number of aliphatic imine (C=N–C) groups is 2. The highest BCUT2D eigenvalue weighted by molar-refractivity contribution is 6.16. The summed E-state index contributed by atoms with van der Waals surface area (Å²) in [5.41, 5.74) is 11.7. The predicted octanol–water partition coefficient (Wildman–Crippen LogP) is 13.9. The van der Waals surface area contributed by atoms with Crippen molar-refractivity contribution in [3.05, 3.63) is 199 Å². The SMILES string of the molecule is C/C(=N\C(=N/[C@@H](C)c1ccc2c(c1)oc1ccc(-n3c4ccccc4c4ccccc43)cc12)c1cccc(-c2ccccc2)c1)n1c2ccccc2c2ccccc21. The van der Waals surface area contributed by atoms with Crippen LogP contribution in [0.5, 0.6) is 0 Å². The Bertz CT molecular complexity index is 3330. The lowest BCUT2D eigenvalue weighted by molar-refractivity contribution is 0.666. The minimum atomic E-state index is -0.212. The predicted molar refractivity (Wildman–Crippen MR) is 243 cm³/mol. The van der Waals surface area contributed by atoms with Crippen LogP contribution in [-0.4, -0.2) is 20.8 Å². The van der Waals surface area contributed by atoms with E-state index in [1.165, 1.54) is 32.6 Å². The molecule has 0 unspecified atom stereocenters. The highest BCUT2D eigenvalue weighted by Gasteiger charge is 2.18. The maximum absolute atomic E-state index is 6.55. The van der Waals surface area contributed by atoms with Gasteiger partial charge in [0.05, 0.1) is 28.1 Å². The van der Waals surface area contributed by atoms with E-state index in [4.69, 9.17) is 14.4 Å². The molecule has 0 saturated carbocycles. The lowest BCUT2D eigenvalue weighted by atomic mass is 10.0. The first-order valence-corrected chi connectivity index (χ1v) is 19.8. The van der Waals surface area contributed by atoms with E-state index in [9.17, 15) is 0 Å². The van der Waals surface area contributed by atoms with Crippen molar-refractivity contribution in [3.63, 3.8) is 0 Å². The number of aromatic nitrogens is 2. The van der Waals surface area contributed by atoms with Crippen LogP contribution in [0.25, 0.3) is 82.4 Å². The van der Waals surface area contributed by atoms with Crippen molar-refractivity contribution >= 4 is 77.2 Å². The molecule has 0 radical (unpaired) electrons. The average molecular weight is 747 g/mol. The molecule has 0 aliphatic rings. The van der Waals surface area contributed by atoms with Crippen LogP contribution < -0.4 is 0 Å². The summed E-state index contributed by atoms with van der Waals surface area (Å²) >= 11 is 0. The third-order valence-corrected chi connectivity index (χ3v) is 11.5. The van der Waals surface area contributed by atoms with Gasteiger partial charge in [-0.1, -0.05) is 133 Å². The Morgan fingerprint density at radius 2 is 1.07 bits per heavy atom. The molecule has 0 saturated heterocycles. The summed E-state index contributed by atoms with van der Waals surface area (Å²) in [6.45, 7) is 4.21. The van der Waals surface area contributed by atoms with Gasteiger partial charge in [0, 0.05) is 43.6 Å². The Kier molecular flexibility index (Phi) is 7.93. The minimum absolute atomic E-state index is 0.212. The molecule has 0 spiro atoms. The fourth-order valence-corrected chi connectivity index (χ4v) is 8.75.